The van der Waals surface area contributed by atoms with E-state index in [9.17, 15) is 18.4 Å². The Morgan fingerprint density at radius 3 is 2.50 bits per heavy atom. The van der Waals surface area contributed by atoms with E-state index in [1.165, 1.54) is 6.07 Å². The molecule has 5 nitrogen and oxygen atoms in total. The summed E-state index contributed by atoms with van der Waals surface area (Å²) in [7, 11) is 0. The second kappa shape index (κ2) is 7.25. The summed E-state index contributed by atoms with van der Waals surface area (Å²) in [6.07, 6.45) is 0. The van der Waals surface area contributed by atoms with Gasteiger partial charge >= 0.3 is 6.03 Å². The number of carbonyl (C=O) groups excluding carboxylic acids is 2. The summed E-state index contributed by atoms with van der Waals surface area (Å²) in [5.74, 6) is -2.10. The molecule has 0 saturated heterocycles. The smallest absolute Gasteiger partial charge is 0.319 e. The summed E-state index contributed by atoms with van der Waals surface area (Å²) in [5.41, 5.74) is 0.963. The molecule has 1 aliphatic heterocycles. The number of urea groups is 1. The first-order chi connectivity index (χ1) is 12.3. The summed E-state index contributed by atoms with van der Waals surface area (Å²) in [5, 5.41) is 7.72. The lowest BCUT2D eigenvalue weighted by Crippen LogP contribution is -2.46. The maximum atomic E-state index is 14.2. The molecule has 1 heterocycles. The molecule has 1 atom stereocenters. The van der Waals surface area contributed by atoms with Gasteiger partial charge in [0.15, 0.2) is 0 Å². The van der Waals surface area contributed by atoms with Gasteiger partial charge in [-0.25, -0.2) is 13.6 Å². The first kappa shape index (κ1) is 18.1. The van der Waals surface area contributed by atoms with Crippen LogP contribution in [-0.4, -0.2) is 11.9 Å². The van der Waals surface area contributed by atoms with Gasteiger partial charge in [0.05, 0.1) is 11.6 Å². The molecule has 2 aromatic carbocycles. The molecule has 0 aromatic heterocycles. The summed E-state index contributed by atoms with van der Waals surface area (Å²) >= 11 is 3.31. The average molecular weight is 422 g/mol. The second-order valence-corrected chi connectivity index (χ2v) is 6.61. The lowest BCUT2D eigenvalue weighted by atomic mass is 9.94. The monoisotopic (exact) mass is 421 g/mol. The average Bonchev–Trinajstić information content (AvgIpc) is 2.56. The third-order valence-corrected chi connectivity index (χ3v) is 4.42. The van der Waals surface area contributed by atoms with Gasteiger partial charge in [-0.05, 0) is 37.3 Å². The number of anilines is 1. The Morgan fingerprint density at radius 1 is 1.15 bits per heavy atom. The van der Waals surface area contributed by atoms with Gasteiger partial charge in [0.25, 0.3) is 5.91 Å². The van der Waals surface area contributed by atoms with E-state index in [1.807, 2.05) is 0 Å². The van der Waals surface area contributed by atoms with Crippen molar-refractivity contribution in [2.45, 2.75) is 13.0 Å². The Bertz CT molecular complexity index is 913. The van der Waals surface area contributed by atoms with Gasteiger partial charge in [0, 0.05) is 27.5 Å². The van der Waals surface area contributed by atoms with Gasteiger partial charge in [-0.1, -0.05) is 22.0 Å². The molecule has 0 aliphatic carbocycles. The van der Waals surface area contributed by atoms with Gasteiger partial charge in [-0.15, -0.1) is 0 Å². The van der Waals surface area contributed by atoms with E-state index in [-0.39, 0.29) is 16.8 Å². The molecule has 26 heavy (non-hydrogen) atoms. The predicted octanol–water partition coefficient (Wildman–Crippen LogP) is 3.99. The Balaban J connectivity index is 1.97. The van der Waals surface area contributed by atoms with Gasteiger partial charge in [-0.2, -0.15) is 0 Å². The van der Waals surface area contributed by atoms with E-state index < -0.39 is 29.6 Å². The quantitative estimate of drug-likeness (QED) is 0.700. The number of allylic oxidation sites excluding steroid dienone is 1. The van der Waals surface area contributed by atoms with E-state index in [1.54, 1.807) is 31.2 Å². The lowest BCUT2D eigenvalue weighted by Gasteiger charge is -2.29. The highest BCUT2D eigenvalue weighted by Gasteiger charge is 2.32. The molecule has 8 heteroatoms. The molecule has 0 radical (unpaired) electrons. The maximum absolute atomic E-state index is 14.2. The van der Waals surface area contributed by atoms with Crippen molar-refractivity contribution in [3.63, 3.8) is 0 Å². The standard InChI is InChI=1S/C18H14BrF2N3O2/c1-9-15(17(25)23-12-5-2-10(19)3-6-12)16(24-18(26)22-9)13-7-4-11(20)8-14(13)21/h2-8,16H,1H3,(H,23,25)(H2,22,24,26)/t16-/m1/s1. The van der Waals surface area contributed by atoms with E-state index in [2.05, 4.69) is 31.9 Å². The normalized spacial score (nSPS) is 16.8. The van der Waals surface area contributed by atoms with Gasteiger partial charge in [-0.3, -0.25) is 4.79 Å². The Labute approximate surface area is 156 Å². The van der Waals surface area contributed by atoms with Crippen molar-refractivity contribution in [3.05, 3.63) is 75.4 Å². The summed E-state index contributed by atoms with van der Waals surface area (Å²) < 4.78 is 28.3. The van der Waals surface area contributed by atoms with Crippen molar-refractivity contribution in [2.24, 2.45) is 0 Å². The van der Waals surface area contributed by atoms with Crippen LogP contribution in [0.1, 0.15) is 18.5 Å². The van der Waals surface area contributed by atoms with Crippen LogP contribution >= 0.6 is 15.9 Å². The van der Waals surface area contributed by atoms with Crippen LogP contribution < -0.4 is 16.0 Å². The van der Waals surface area contributed by atoms with Crippen LogP contribution in [-0.2, 0) is 4.79 Å². The highest BCUT2D eigenvalue weighted by molar-refractivity contribution is 9.10. The predicted molar refractivity (Wildman–Crippen MR) is 96.2 cm³/mol. The highest BCUT2D eigenvalue weighted by Crippen LogP contribution is 2.30. The Morgan fingerprint density at radius 2 is 1.85 bits per heavy atom. The van der Waals surface area contributed by atoms with E-state index in [0.29, 0.717) is 11.8 Å². The number of benzene rings is 2. The van der Waals surface area contributed by atoms with Crippen molar-refractivity contribution in [1.29, 1.82) is 0 Å². The molecule has 3 N–H and O–H groups in total. The zero-order valence-electron chi connectivity index (χ0n) is 13.6. The molecule has 2 aromatic rings. The fourth-order valence-corrected chi connectivity index (χ4v) is 2.96. The number of hydrogen-bond donors (Lipinski definition) is 3. The number of hydrogen-bond acceptors (Lipinski definition) is 2. The largest absolute Gasteiger partial charge is 0.327 e. The number of rotatable bonds is 3. The molecule has 134 valence electrons. The number of amides is 3. The topological polar surface area (TPSA) is 70.2 Å². The number of carbonyl (C=O) groups is 2. The van der Waals surface area contributed by atoms with Crippen LogP contribution in [0.3, 0.4) is 0 Å². The third kappa shape index (κ3) is 3.75. The molecular weight excluding hydrogens is 408 g/mol. The molecule has 1 aliphatic rings. The minimum absolute atomic E-state index is 0.00144. The van der Waals surface area contributed by atoms with E-state index >= 15 is 0 Å². The maximum Gasteiger partial charge on any atom is 0.319 e. The fraction of sp³-hybridized carbons (Fsp3) is 0.111. The molecule has 0 fully saturated rings. The fourth-order valence-electron chi connectivity index (χ4n) is 2.70. The lowest BCUT2D eigenvalue weighted by molar-refractivity contribution is -0.113. The van der Waals surface area contributed by atoms with Gasteiger partial charge in [0.1, 0.15) is 11.6 Å². The van der Waals surface area contributed by atoms with Crippen molar-refractivity contribution < 1.29 is 18.4 Å². The van der Waals surface area contributed by atoms with Crippen molar-refractivity contribution in [3.8, 4) is 0 Å². The summed E-state index contributed by atoms with van der Waals surface area (Å²) in [4.78, 5) is 24.6. The Hall–Kier alpha value is -2.74. The minimum atomic E-state index is -1.04. The van der Waals surface area contributed by atoms with Crippen LogP contribution in [0.25, 0.3) is 0 Å². The summed E-state index contributed by atoms with van der Waals surface area (Å²) in [6.45, 7) is 1.55. The zero-order chi connectivity index (χ0) is 18.8. The zero-order valence-corrected chi connectivity index (χ0v) is 15.2. The van der Waals surface area contributed by atoms with E-state index in [4.69, 9.17) is 0 Å². The van der Waals surface area contributed by atoms with Gasteiger partial charge in [0.2, 0.25) is 0 Å². The van der Waals surface area contributed by atoms with Crippen LogP contribution in [0.4, 0.5) is 19.3 Å². The first-order valence-electron chi connectivity index (χ1n) is 7.65. The van der Waals surface area contributed by atoms with Crippen LogP contribution in [0.15, 0.2) is 58.2 Å². The molecule has 0 bridgehead atoms. The molecule has 0 saturated carbocycles. The number of nitrogens with one attached hydrogen (secondary N) is 3. The minimum Gasteiger partial charge on any atom is -0.327 e. The van der Waals surface area contributed by atoms with Crippen LogP contribution in [0.2, 0.25) is 0 Å². The van der Waals surface area contributed by atoms with E-state index in [0.717, 1.165) is 10.5 Å². The first-order valence-corrected chi connectivity index (χ1v) is 8.44. The molecular formula is C18H14BrF2N3O2. The third-order valence-electron chi connectivity index (χ3n) is 3.89. The van der Waals surface area contributed by atoms with Crippen LogP contribution in [0.5, 0.6) is 0 Å². The molecule has 0 spiro atoms. The molecule has 3 rings (SSSR count). The van der Waals surface area contributed by atoms with Crippen molar-refractivity contribution in [1.82, 2.24) is 10.6 Å². The summed E-state index contributed by atoms with van der Waals surface area (Å²) in [6, 6.07) is 8.29. The number of halogens is 3. The second-order valence-electron chi connectivity index (χ2n) is 5.70. The van der Waals surface area contributed by atoms with Gasteiger partial charge < -0.3 is 16.0 Å². The van der Waals surface area contributed by atoms with Crippen molar-refractivity contribution >= 4 is 33.6 Å². The molecule has 3 amide bonds. The molecule has 0 unspecified atom stereocenters. The van der Waals surface area contributed by atoms with Crippen molar-refractivity contribution in [2.75, 3.05) is 5.32 Å². The highest BCUT2D eigenvalue weighted by atomic mass is 79.9. The van der Waals surface area contributed by atoms with Crippen LogP contribution in [0, 0.1) is 11.6 Å². The SMILES string of the molecule is CC1=C(C(=O)Nc2ccc(Br)cc2)[C@@H](c2ccc(F)cc2F)NC(=O)N1. The Kier molecular flexibility index (Phi) is 5.03.